The second kappa shape index (κ2) is 8.06. The smallest absolute Gasteiger partial charge is 0.255 e. The summed E-state index contributed by atoms with van der Waals surface area (Å²) in [5.41, 5.74) is 3.13. The van der Waals surface area contributed by atoms with E-state index in [1.807, 2.05) is 41.3 Å². The number of carbonyl (C=O) groups is 1. The summed E-state index contributed by atoms with van der Waals surface area (Å²) in [7, 11) is 1.66. The van der Waals surface area contributed by atoms with Gasteiger partial charge in [-0.2, -0.15) is 4.98 Å². The van der Waals surface area contributed by atoms with Crippen molar-refractivity contribution in [2.24, 2.45) is 0 Å². The number of methoxy groups -OCH3 is 1. The molecule has 144 valence electrons. The van der Waals surface area contributed by atoms with Crippen molar-refractivity contribution in [3.8, 4) is 5.75 Å². The molecule has 2 heterocycles. The molecule has 0 spiro atoms. The Morgan fingerprint density at radius 1 is 1.25 bits per heavy atom. The summed E-state index contributed by atoms with van der Waals surface area (Å²) >= 11 is 1.54. The van der Waals surface area contributed by atoms with Crippen LogP contribution in [-0.2, 0) is 18.7 Å². The van der Waals surface area contributed by atoms with E-state index in [1.165, 1.54) is 5.56 Å². The van der Waals surface area contributed by atoms with E-state index in [-0.39, 0.29) is 5.91 Å². The molecule has 0 bridgehead atoms. The van der Waals surface area contributed by atoms with Crippen LogP contribution in [0.5, 0.6) is 5.75 Å². The lowest BCUT2D eigenvalue weighted by molar-refractivity contribution is 0.0731. The van der Waals surface area contributed by atoms with E-state index in [9.17, 15) is 4.79 Å². The molecular formula is C21H21N3O3S. The number of hydrogen-bond donors (Lipinski definition) is 0. The molecule has 2 aromatic carbocycles. The number of amides is 1. The second-order valence-corrected chi connectivity index (χ2v) is 7.64. The highest BCUT2D eigenvalue weighted by Gasteiger charge is 2.24. The van der Waals surface area contributed by atoms with Gasteiger partial charge in [0.15, 0.2) is 5.82 Å². The quantitative estimate of drug-likeness (QED) is 0.611. The van der Waals surface area contributed by atoms with Gasteiger partial charge in [-0.15, -0.1) is 11.8 Å². The topological polar surface area (TPSA) is 68.5 Å². The van der Waals surface area contributed by atoms with Crippen molar-refractivity contribution < 1.29 is 14.1 Å². The Balaban J connectivity index is 1.51. The number of aryl methyl sites for hydroxylation is 1. The van der Waals surface area contributed by atoms with Gasteiger partial charge in [0.1, 0.15) is 5.75 Å². The fourth-order valence-electron chi connectivity index (χ4n) is 3.32. The minimum Gasteiger partial charge on any atom is -0.497 e. The number of ether oxygens (including phenoxy) is 1. The number of rotatable bonds is 5. The first-order chi connectivity index (χ1) is 13.6. The molecule has 0 radical (unpaired) electrons. The molecule has 4 rings (SSSR count). The molecule has 0 saturated carbocycles. The number of carbonyl (C=O) groups excluding carboxylic acids is 1. The monoisotopic (exact) mass is 395 g/mol. The van der Waals surface area contributed by atoms with E-state index in [0.29, 0.717) is 36.1 Å². The number of hydrogen-bond acceptors (Lipinski definition) is 6. The Labute approximate surface area is 167 Å². The third-order valence-electron chi connectivity index (χ3n) is 4.76. The zero-order chi connectivity index (χ0) is 19.5. The largest absolute Gasteiger partial charge is 0.497 e. The van der Waals surface area contributed by atoms with Crippen LogP contribution in [0.3, 0.4) is 0 Å². The molecule has 1 aliphatic rings. The van der Waals surface area contributed by atoms with Gasteiger partial charge in [-0.25, -0.2) is 0 Å². The first kappa shape index (κ1) is 18.6. The average molecular weight is 395 g/mol. The van der Waals surface area contributed by atoms with Crippen molar-refractivity contribution in [1.29, 1.82) is 0 Å². The summed E-state index contributed by atoms with van der Waals surface area (Å²) in [6.45, 7) is 3.07. The lowest BCUT2D eigenvalue weighted by Crippen LogP contribution is -2.36. The van der Waals surface area contributed by atoms with Crippen LogP contribution in [0, 0.1) is 6.92 Å². The molecule has 3 aromatic rings. The highest BCUT2D eigenvalue weighted by atomic mass is 32.2. The first-order valence-electron chi connectivity index (χ1n) is 9.10. The molecule has 0 N–H and O–H groups in total. The van der Waals surface area contributed by atoms with Gasteiger partial charge in [0.05, 0.1) is 18.4 Å². The third kappa shape index (κ3) is 3.89. The van der Waals surface area contributed by atoms with Gasteiger partial charge >= 0.3 is 0 Å². The maximum atomic E-state index is 13.2. The Kier molecular flexibility index (Phi) is 5.34. The van der Waals surface area contributed by atoms with Gasteiger partial charge in [-0.05, 0) is 41.8 Å². The second-order valence-electron chi connectivity index (χ2n) is 6.63. The lowest BCUT2D eigenvalue weighted by atomic mass is 9.99. The van der Waals surface area contributed by atoms with Crippen LogP contribution in [-0.4, -0.2) is 34.6 Å². The molecule has 6 nitrogen and oxygen atoms in total. The molecular weight excluding hydrogens is 374 g/mol. The van der Waals surface area contributed by atoms with Crippen LogP contribution in [0.25, 0.3) is 0 Å². The predicted molar refractivity (Wildman–Crippen MR) is 106 cm³/mol. The molecule has 0 atom stereocenters. The van der Waals surface area contributed by atoms with E-state index >= 15 is 0 Å². The highest BCUT2D eigenvalue weighted by Crippen LogP contribution is 2.29. The first-order valence-corrected chi connectivity index (χ1v) is 10.1. The molecule has 0 unspecified atom stereocenters. The molecule has 0 fully saturated rings. The molecule has 0 aliphatic carbocycles. The van der Waals surface area contributed by atoms with Crippen LogP contribution in [0.4, 0.5) is 0 Å². The van der Waals surface area contributed by atoms with E-state index < -0.39 is 0 Å². The van der Waals surface area contributed by atoms with Gasteiger partial charge < -0.3 is 14.2 Å². The van der Waals surface area contributed by atoms with Gasteiger partial charge in [-0.3, -0.25) is 4.79 Å². The number of thioether (sulfide) groups is 1. The number of aromatic nitrogens is 2. The summed E-state index contributed by atoms with van der Waals surface area (Å²) < 4.78 is 10.3. The lowest BCUT2D eigenvalue weighted by Gasteiger charge is -2.29. The Morgan fingerprint density at radius 3 is 2.89 bits per heavy atom. The minimum atomic E-state index is 0.0425. The van der Waals surface area contributed by atoms with Crippen LogP contribution in [0.2, 0.25) is 0 Å². The Bertz CT molecular complexity index is 1000. The normalized spacial score (nSPS) is 13.3. The third-order valence-corrected chi connectivity index (χ3v) is 5.83. The average Bonchev–Trinajstić information content (AvgIpc) is 3.16. The van der Waals surface area contributed by atoms with Gasteiger partial charge in [-0.1, -0.05) is 23.4 Å². The molecule has 7 heteroatoms. The summed E-state index contributed by atoms with van der Waals surface area (Å²) in [5.74, 6) is 2.59. The number of fused-ring (bicyclic) bond motifs is 1. The summed E-state index contributed by atoms with van der Waals surface area (Å²) in [4.78, 5) is 20.3. The Morgan fingerprint density at radius 2 is 2.11 bits per heavy atom. The van der Waals surface area contributed by atoms with Crippen molar-refractivity contribution in [2.45, 2.75) is 30.5 Å². The molecule has 1 aromatic heterocycles. The van der Waals surface area contributed by atoms with Crippen LogP contribution in [0.1, 0.15) is 33.2 Å². The number of nitrogens with zero attached hydrogens (tertiary/aromatic N) is 3. The SMILES string of the molecule is COc1ccc2c(c1)CN(C(=O)c1ccccc1SCc1noc(C)n1)CC2. The minimum absolute atomic E-state index is 0.0425. The molecule has 1 aliphatic heterocycles. The molecule has 1 amide bonds. The van der Waals surface area contributed by atoms with Crippen LogP contribution in [0.15, 0.2) is 51.9 Å². The van der Waals surface area contributed by atoms with E-state index in [0.717, 1.165) is 22.6 Å². The molecule has 0 saturated heterocycles. The van der Waals surface area contributed by atoms with Crippen molar-refractivity contribution in [1.82, 2.24) is 15.0 Å². The van der Waals surface area contributed by atoms with Crippen molar-refractivity contribution in [3.05, 3.63) is 70.9 Å². The molecule has 28 heavy (non-hydrogen) atoms. The van der Waals surface area contributed by atoms with Crippen molar-refractivity contribution in [2.75, 3.05) is 13.7 Å². The zero-order valence-electron chi connectivity index (χ0n) is 15.8. The fourth-order valence-corrected chi connectivity index (χ4v) is 4.20. The van der Waals surface area contributed by atoms with E-state index in [4.69, 9.17) is 9.26 Å². The zero-order valence-corrected chi connectivity index (χ0v) is 16.7. The van der Waals surface area contributed by atoms with Gasteiger partial charge in [0, 0.05) is 24.9 Å². The van der Waals surface area contributed by atoms with Gasteiger partial charge in [0.2, 0.25) is 5.89 Å². The maximum absolute atomic E-state index is 13.2. The van der Waals surface area contributed by atoms with Gasteiger partial charge in [0.25, 0.3) is 5.91 Å². The van der Waals surface area contributed by atoms with Crippen molar-refractivity contribution >= 4 is 17.7 Å². The summed E-state index contributed by atoms with van der Waals surface area (Å²) in [6.07, 6.45) is 0.850. The summed E-state index contributed by atoms with van der Waals surface area (Å²) in [6, 6.07) is 13.8. The van der Waals surface area contributed by atoms with Crippen LogP contribution >= 0.6 is 11.8 Å². The number of benzene rings is 2. The standard InChI is InChI=1S/C21H21N3O3S/c1-14-22-20(23-27-14)13-28-19-6-4-3-5-18(19)21(25)24-10-9-15-7-8-17(26-2)11-16(15)12-24/h3-8,11H,9-10,12-13H2,1-2H3. The highest BCUT2D eigenvalue weighted by molar-refractivity contribution is 7.98. The Hall–Kier alpha value is -2.80. The fraction of sp³-hybridized carbons (Fsp3) is 0.286. The predicted octanol–water partition coefficient (Wildman–Crippen LogP) is 3.88. The summed E-state index contributed by atoms with van der Waals surface area (Å²) in [5, 5.41) is 3.92. The maximum Gasteiger partial charge on any atom is 0.255 e. The van der Waals surface area contributed by atoms with E-state index in [2.05, 4.69) is 16.2 Å². The van der Waals surface area contributed by atoms with Crippen LogP contribution < -0.4 is 4.74 Å². The van der Waals surface area contributed by atoms with Crippen molar-refractivity contribution in [3.63, 3.8) is 0 Å². The van der Waals surface area contributed by atoms with E-state index in [1.54, 1.807) is 25.8 Å².